The number of hydrogen-bond acceptors (Lipinski definition) is 4. The van der Waals surface area contributed by atoms with E-state index in [1.807, 2.05) is 36.1 Å². The van der Waals surface area contributed by atoms with Crippen LogP contribution in [0, 0.1) is 0 Å². The summed E-state index contributed by atoms with van der Waals surface area (Å²) in [6, 6.07) is 17.1. The zero-order valence-electron chi connectivity index (χ0n) is 15.2. The molecule has 0 bridgehead atoms. The zero-order valence-corrected chi connectivity index (χ0v) is 15.2. The molecule has 0 aliphatic heterocycles. The highest BCUT2D eigenvalue weighted by molar-refractivity contribution is 5.77. The van der Waals surface area contributed by atoms with Gasteiger partial charge in [0.25, 0.3) is 0 Å². The number of para-hydroxylation sites is 2. The number of aromatic nitrogens is 5. The van der Waals surface area contributed by atoms with Crippen molar-refractivity contribution in [2.24, 2.45) is 7.05 Å². The molecule has 0 fully saturated rings. The van der Waals surface area contributed by atoms with Crippen LogP contribution in [0.3, 0.4) is 0 Å². The van der Waals surface area contributed by atoms with Crippen LogP contribution in [0.2, 0.25) is 0 Å². The number of nitrogens with zero attached hydrogens (tertiary/aromatic N) is 6. The van der Waals surface area contributed by atoms with E-state index in [2.05, 4.69) is 69.0 Å². The Morgan fingerprint density at radius 2 is 1.81 bits per heavy atom. The van der Waals surface area contributed by atoms with Crippen LogP contribution in [0.25, 0.3) is 16.7 Å². The monoisotopic (exact) mass is 346 g/mol. The molecule has 4 aromatic rings. The minimum atomic E-state index is 0.278. The first kappa shape index (κ1) is 16.5. The topological polar surface area (TPSA) is 51.8 Å². The Labute approximate surface area is 152 Å². The highest BCUT2D eigenvalue weighted by Gasteiger charge is 2.14. The van der Waals surface area contributed by atoms with Gasteiger partial charge in [0.05, 0.1) is 17.6 Å². The van der Waals surface area contributed by atoms with E-state index in [1.54, 1.807) is 6.33 Å². The van der Waals surface area contributed by atoms with Crippen molar-refractivity contribution in [3.63, 3.8) is 0 Å². The number of rotatable bonds is 5. The molecule has 132 valence electrons. The van der Waals surface area contributed by atoms with Crippen LogP contribution in [-0.4, -0.2) is 36.3 Å². The molecule has 0 N–H and O–H groups in total. The summed E-state index contributed by atoms with van der Waals surface area (Å²) in [5.41, 5.74) is 4.51. The molecular formula is C20H22N6. The predicted molar refractivity (Wildman–Crippen MR) is 102 cm³/mol. The molecule has 0 spiro atoms. The summed E-state index contributed by atoms with van der Waals surface area (Å²) in [6.07, 6.45) is 3.61. The van der Waals surface area contributed by atoms with Crippen molar-refractivity contribution in [1.29, 1.82) is 0 Å². The summed E-state index contributed by atoms with van der Waals surface area (Å²) >= 11 is 0. The third-order valence-corrected chi connectivity index (χ3v) is 4.96. The van der Waals surface area contributed by atoms with Gasteiger partial charge in [0.2, 0.25) is 0 Å². The Morgan fingerprint density at radius 3 is 2.54 bits per heavy atom. The summed E-state index contributed by atoms with van der Waals surface area (Å²) in [5.74, 6) is 0.959. The number of fused-ring (bicyclic) bond motifs is 1. The van der Waals surface area contributed by atoms with Gasteiger partial charge in [0, 0.05) is 18.8 Å². The zero-order chi connectivity index (χ0) is 18.1. The minimum Gasteiger partial charge on any atom is -0.320 e. The van der Waals surface area contributed by atoms with Gasteiger partial charge in [-0.05, 0) is 43.8 Å². The third-order valence-electron chi connectivity index (χ3n) is 4.96. The third kappa shape index (κ3) is 2.99. The second kappa shape index (κ2) is 6.72. The van der Waals surface area contributed by atoms with Crippen molar-refractivity contribution < 1.29 is 0 Å². The van der Waals surface area contributed by atoms with Crippen molar-refractivity contribution >= 4 is 11.0 Å². The Bertz CT molecular complexity index is 1010. The number of hydrogen-bond donors (Lipinski definition) is 0. The van der Waals surface area contributed by atoms with Gasteiger partial charge in [0.1, 0.15) is 18.5 Å². The van der Waals surface area contributed by atoms with Crippen molar-refractivity contribution in [3.05, 3.63) is 72.6 Å². The van der Waals surface area contributed by atoms with Gasteiger partial charge in [0.15, 0.2) is 0 Å². The first-order valence-corrected chi connectivity index (χ1v) is 8.69. The molecule has 0 unspecified atom stereocenters. The number of benzene rings is 2. The summed E-state index contributed by atoms with van der Waals surface area (Å²) in [5, 5.41) is 8.12. The average Bonchev–Trinajstić information content (AvgIpc) is 3.28. The Kier molecular flexibility index (Phi) is 4.26. The first-order chi connectivity index (χ1) is 12.6. The number of aryl methyl sites for hydroxylation is 1. The van der Waals surface area contributed by atoms with Crippen LogP contribution < -0.4 is 0 Å². The molecule has 2 aromatic carbocycles. The van der Waals surface area contributed by atoms with E-state index in [0.717, 1.165) is 29.1 Å². The lowest BCUT2D eigenvalue weighted by atomic mass is 10.1. The summed E-state index contributed by atoms with van der Waals surface area (Å²) in [6.45, 7) is 2.96. The quantitative estimate of drug-likeness (QED) is 0.556. The Morgan fingerprint density at radius 1 is 1.04 bits per heavy atom. The van der Waals surface area contributed by atoms with Crippen LogP contribution in [0.4, 0.5) is 0 Å². The molecule has 2 aromatic heterocycles. The van der Waals surface area contributed by atoms with Crippen molar-refractivity contribution in [1.82, 2.24) is 29.2 Å². The summed E-state index contributed by atoms with van der Waals surface area (Å²) in [4.78, 5) is 6.74. The fraction of sp³-hybridized carbons (Fsp3) is 0.250. The van der Waals surface area contributed by atoms with Crippen LogP contribution in [0.15, 0.2) is 61.2 Å². The molecule has 6 heteroatoms. The molecule has 26 heavy (non-hydrogen) atoms. The van der Waals surface area contributed by atoms with Gasteiger partial charge in [-0.15, -0.1) is 10.2 Å². The van der Waals surface area contributed by atoms with E-state index in [1.165, 1.54) is 5.56 Å². The molecule has 0 saturated heterocycles. The van der Waals surface area contributed by atoms with E-state index in [0.29, 0.717) is 0 Å². The van der Waals surface area contributed by atoms with Crippen LogP contribution in [0.5, 0.6) is 0 Å². The maximum Gasteiger partial charge on any atom is 0.146 e. The first-order valence-electron chi connectivity index (χ1n) is 8.69. The smallest absolute Gasteiger partial charge is 0.146 e. The molecule has 0 radical (unpaired) electrons. The fourth-order valence-electron chi connectivity index (χ4n) is 3.14. The fourth-order valence-corrected chi connectivity index (χ4v) is 3.14. The Balaban J connectivity index is 1.54. The molecule has 4 rings (SSSR count). The highest BCUT2D eigenvalue weighted by atomic mass is 15.3. The molecule has 0 amide bonds. The van der Waals surface area contributed by atoms with Crippen LogP contribution in [-0.2, 0) is 13.6 Å². The lowest BCUT2D eigenvalue weighted by molar-refractivity contribution is 0.244. The van der Waals surface area contributed by atoms with Crippen LogP contribution >= 0.6 is 0 Å². The second-order valence-electron chi connectivity index (χ2n) is 6.64. The van der Waals surface area contributed by atoms with Crippen molar-refractivity contribution in [2.75, 3.05) is 7.05 Å². The summed E-state index contributed by atoms with van der Waals surface area (Å²) in [7, 11) is 4.08. The van der Waals surface area contributed by atoms with Gasteiger partial charge in [-0.25, -0.2) is 4.98 Å². The van der Waals surface area contributed by atoms with E-state index in [9.17, 15) is 0 Å². The lowest BCUT2D eigenvalue weighted by Crippen LogP contribution is -2.23. The van der Waals surface area contributed by atoms with Crippen LogP contribution in [0.1, 0.15) is 24.4 Å². The molecule has 0 saturated carbocycles. The standard InChI is InChI=1S/C20H22N6/c1-15(24(2)12-20-23-22-14-25(20)3)16-8-10-17(11-9-16)26-13-21-18-6-4-5-7-19(18)26/h4-11,13-15H,12H2,1-3H3/t15-/m0/s1. The van der Waals surface area contributed by atoms with Gasteiger partial charge < -0.3 is 4.57 Å². The molecule has 1 atom stereocenters. The van der Waals surface area contributed by atoms with E-state index >= 15 is 0 Å². The maximum absolute atomic E-state index is 4.47. The van der Waals surface area contributed by atoms with E-state index in [-0.39, 0.29) is 6.04 Å². The predicted octanol–water partition coefficient (Wildman–Crippen LogP) is 3.35. The SMILES string of the molecule is C[C@@H](c1ccc(-n2cnc3ccccc32)cc1)N(C)Cc1nncn1C. The lowest BCUT2D eigenvalue weighted by Gasteiger charge is -2.24. The van der Waals surface area contributed by atoms with Gasteiger partial charge >= 0.3 is 0 Å². The highest BCUT2D eigenvalue weighted by Crippen LogP contribution is 2.23. The molecule has 2 heterocycles. The normalized spacial score (nSPS) is 12.8. The Hall–Kier alpha value is -2.99. The largest absolute Gasteiger partial charge is 0.320 e. The molecular weight excluding hydrogens is 324 g/mol. The van der Waals surface area contributed by atoms with E-state index < -0.39 is 0 Å². The van der Waals surface area contributed by atoms with Crippen molar-refractivity contribution in [2.45, 2.75) is 19.5 Å². The molecule has 0 aliphatic carbocycles. The average molecular weight is 346 g/mol. The number of imidazole rings is 1. The van der Waals surface area contributed by atoms with E-state index in [4.69, 9.17) is 0 Å². The van der Waals surface area contributed by atoms with Gasteiger partial charge in [-0.1, -0.05) is 24.3 Å². The van der Waals surface area contributed by atoms with Gasteiger partial charge in [-0.3, -0.25) is 9.47 Å². The second-order valence-corrected chi connectivity index (χ2v) is 6.64. The van der Waals surface area contributed by atoms with Crippen molar-refractivity contribution in [3.8, 4) is 5.69 Å². The maximum atomic E-state index is 4.47. The molecule has 0 aliphatic rings. The minimum absolute atomic E-state index is 0.278. The molecule has 6 nitrogen and oxygen atoms in total. The van der Waals surface area contributed by atoms with Gasteiger partial charge in [-0.2, -0.15) is 0 Å². The summed E-state index contributed by atoms with van der Waals surface area (Å²) < 4.78 is 4.07.